The Morgan fingerprint density at radius 3 is 1.06 bits per heavy atom. The van der Waals surface area contributed by atoms with E-state index in [9.17, 15) is 35.7 Å². The third kappa shape index (κ3) is 18.3. The van der Waals surface area contributed by atoms with E-state index in [1.807, 2.05) is 212 Å². The van der Waals surface area contributed by atoms with Gasteiger partial charge in [-0.15, -0.1) is 0 Å². The van der Waals surface area contributed by atoms with Crippen molar-refractivity contribution in [1.82, 2.24) is 5.32 Å². The van der Waals surface area contributed by atoms with Gasteiger partial charge in [-0.05, 0) is 44.5 Å². The molecule has 4 aliphatic rings. The van der Waals surface area contributed by atoms with Crippen LogP contribution in [0.15, 0.2) is 224 Å². The molecule has 3 heterocycles. The first-order chi connectivity index (χ1) is 46.1. The van der Waals surface area contributed by atoms with Gasteiger partial charge in [-0.3, -0.25) is 0 Å². The lowest BCUT2D eigenvalue weighted by molar-refractivity contribution is -0.390. The van der Waals surface area contributed by atoms with Crippen molar-refractivity contribution in [3.8, 4) is 0 Å². The van der Waals surface area contributed by atoms with Gasteiger partial charge in [-0.1, -0.05) is 218 Å². The molecule has 7 aromatic rings. The first-order valence-corrected chi connectivity index (χ1v) is 32.0. The Balaban J connectivity index is 0.995. The van der Waals surface area contributed by atoms with E-state index in [4.69, 9.17) is 56.8 Å². The minimum atomic E-state index is -1.86. The van der Waals surface area contributed by atoms with Gasteiger partial charge in [0.15, 0.2) is 18.9 Å². The number of rotatable bonds is 31. The highest BCUT2D eigenvalue weighted by molar-refractivity contribution is 5.24. The number of aliphatic hydroxyl groups excluding tert-OH is 7. The maximum Gasteiger partial charge on any atom is 0.187 e. The number of ether oxygens (including phenoxy) is 12. The van der Waals surface area contributed by atoms with E-state index >= 15 is 0 Å². The molecule has 1 aliphatic carbocycles. The Morgan fingerprint density at radius 1 is 0.330 bits per heavy atom. The second-order valence-corrected chi connectivity index (χ2v) is 23.9. The van der Waals surface area contributed by atoms with Crippen molar-refractivity contribution in [3.05, 3.63) is 263 Å². The maximum absolute atomic E-state index is 12.3. The van der Waals surface area contributed by atoms with Gasteiger partial charge in [0.2, 0.25) is 0 Å². The Hall–Kier alpha value is -6.52. The average molecular weight is 1290 g/mol. The average Bonchev–Trinajstić information content (AvgIpc) is 0.782. The molecule has 19 unspecified atom stereocenters. The molecule has 0 spiro atoms. The SMILES string of the molecule is OCC1=CC(NC2C(CO)OC(OC3C(COCc4ccccc4)OC(OC4C(COCc5ccccc5)OC(OCc5ccccc5)C(OCc5ccccc5)C4OCc4ccccc4)C(OCc4ccccc4)C3OCc3ccccc3)C(O)C2O)C(O)C(O)C1O. The Kier molecular flexibility index (Phi) is 25.6. The van der Waals surface area contributed by atoms with Crippen molar-refractivity contribution in [1.29, 1.82) is 0 Å². The Labute approximate surface area is 547 Å². The van der Waals surface area contributed by atoms with Crippen LogP contribution in [0.5, 0.6) is 0 Å². The van der Waals surface area contributed by atoms with Crippen molar-refractivity contribution < 1.29 is 92.6 Å². The summed E-state index contributed by atoms with van der Waals surface area (Å²) in [7, 11) is 0. The topological polar surface area (TPSA) is 264 Å². The van der Waals surface area contributed by atoms with E-state index in [1.165, 1.54) is 6.08 Å². The lowest BCUT2D eigenvalue weighted by Crippen LogP contribution is -2.70. The normalized spacial score (nSPS) is 30.4. The molecule has 3 aliphatic heterocycles. The summed E-state index contributed by atoms with van der Waals surface area (Å²) in [6.07, 6.45) is -21.6. The van der Waals surface area contributed by atoms with Crippen LogP contribution in [0.25, 0.3) is 0 Å². The lowest BCUT2D eigenvalue weighted by atomic mass is 9.86. The van der Waals surface area contributed by atoms with Gasteiger partial charge in [0, 0.05) is 0 Å². The van der Waals surface area contributed by atoms with Gasteiger partial charge >= 0.3 is 0 Å². The number of aliphatic hydroxyl groups is 7. The summed E-state index contributed by atoms with van der Waals surface area (Å²) in [5, 5.41) is 80.8. The lowest BCUT2D eigenvalue weighted by Gasteiger charge is -2.51. The fourth-order valence-electron chi connectivity index (χ4n) is 12.2. The van der Waals surface area contributed by atoms with Gasteiger partial charge in [-0.25, -0.2) is 0 Å². The quantitative estimate of drug-likeness (QED) is 0.0232. The molecule has 19 atom stereocenters. The molecule has 0 radical (unpaired) electrons. The van der Waals surface area contributed by atoms with E-state index in [2.05, 4.69) is 5.32 Å². The third-order valence-corrected chi connectivity index (χ3v) is 17.2. The van der Waals surface area contributed by atoms with Crippen LogP contribution in [0.3, 0.4) is 0 Å². The molecule has 0 aromatic heterocycles. The number of nitrogens with one attached hydrogen (secondary N) is 1. The molecule has 3 fully saturated rings. The Bertz CT molecular complexity index is 3300. The molecular weight excluding hydrogens is 1210 g/mol. The van der Waals surface area contributed by atoms with Crippen LogP contribution < -0.4 is 5.32 Å². The van der Waals surface area contributed by atoms with Crippen molar-refractivity contribution in [3.63, 3.8) is 0 Å². The zero-order chi connectivity index (χ0) is 65.0. The van der Waals surface area contributed by atoms with Crippen LogP contribution >= 0.6 is 0 Å². The van der Waals surface area contributed by atoms with Gasteiger partial charge in [0.1, 0.15) is 85.5 Å². The first kappa shape index (κ1) is 68.9. The molecular formula is C74H85NO19. The fourth-order valence-corrected chi connectivity index (χ4v) is 12.2. The van der Waals surface area contributed by atoms with Crippen LogP contribution in [0.2, 0.25) is 0 Å². The summed E-state index contributed by atoms with van der Waals surface area (Å²) in [4.78, 5) is 0. The smallest absolute Gasteiger partial charge is 0.187 e. The van der Waals surface area contributed by atoms with Gasteiger partial charge in [0.05, 0.1) is 84.8 Å². The third-order valence-electron chi connectivity index (χ3n) is 17.2. The largest absolute Gasteiger partial charge is 0.394 e. The van der Waals surface area contributed by atoms with Gasteiger partial charge < -0.3 is 97.9 Å². The van der Waals surface area contributed by atoms with Crippen LogP contribution in [0.1, 0.15) is 38.9 Å². The Morgan fingerprint density at radius 2 is 0.670 bits per heavy atom. The van der Waals surface area contributed by atoms with Crippen molar-refractivity contribution in [2.75, 3.05) is 26.4 Å². The monoisotopic (exact) mass is 1290 g/mol. The summed E-state index contributed by atoms with van der Waals surface area (Å²) in [6.45, 7) is -0.818. The highest BCUT2D eigenvalue weighted by Crippen LogP contribution is 2.39. The first-order valence-electron chi connectivity index (χ1n) is 32.0. The van der Waals surface area contributed by atoms with Crippen molar-refractivity contribution in [2.45, 2.75) is 163 Å². The van der Waals surface area contributed by atoms with Crippen LogP contribution in [-0.2, 0) is 103 Å². The standard InChI is InChI=1S/C74H85NO19/c76-37-55-36-56(62(79)64(81)61(55)78)75-60-57(38-77)90-72(65(82)63(60)80)93-66-59(47-84-40-49-24-10-2-11-25-49)92-74(71(88-44-53-32-18-6-19-33-53)69(66)86-42-51-28-14-4-15-29-51)94-67-58(46-83-39-48-22-8-1-9-23-48)91-73(89-45-54-34-20-7-21-35-54)70(87-43-52-30-16-5-17-31-52)68(67)85-41-50-26-12-3-13-27-50/h1-36,56-82H,37-47H2. The zero-order valence-electron chi connectivity index (χ0n) is 52.1. The minimum absolute atomic E-state index is 0.00240. The van der Waals surface area contributed by atoms with Crippen molar-refractivity contribution >= 4 is 0 Å². The van der Waals surface area contributed by atoms with E-state index in [0.717, 1.165) is 38.9 Å². The molecule has 11 rings (SSSR count). The maximum atomic E-state index is 12.3. The van der Waals surface area contributed by atoms with E-state index in [-0.39, 0.29) is 65.0 Å². The number of hydrogen-bond donors (Lipinski definition) is 8. The molecule has 20 heteroatoms. The summed E-state index contributed by atoms with van der Waals surface area (Å²) in [6, 6.07) is 65.2. The molecule has 0 saturated carbocycles. The summed E-state index contributed by atoms with van der Waals surface area (Å²) in [5.74, 6) is 0. The summed E-state index contributed by atoms with van der Waals surface area (Å²) in [5.41, 5.74) is 6.04. The highest BCUT2D eigenvalue weighted by atomic mass is 16.8. The van der Waals surface area contributed by atoms with Crippen LogP contribution in [0.4, 0.5) is 0 Å². The molecule has 0 amide bonds. The van der Waals surface area contributed by atoms with E-state index in [1.54, 1.807) is 0 Å². The molecule has 7 aromatic carbocycles. The molecule has 500 valence electrons. The minimum Gasteiger partial charge on any atom is -0.394 e. The van der Waals surface area contributed by atoms with E-state index in [0.29, 0.717) is 0 Å². The van der Waals surface area contributed by atoms with Crippen LogP contribution in [0, 0.1) is 0 Å². The van der Waals surface area contributed by atoms with Gasteiger partial charge in [-0.2, -0.15) is 0 Å². The molecule has 20 nitrogen and oxygen atoms in total. The van der Waals surface area contributed by atoms with Crippen LogP contribution in [-0.4, -0.2) is 179 Å². The highest BCUT2D eigenvalue weighted by Gasteiger charge is 2.57. The zero-order valence-corrected chi connectivity index (χ0v) is 52.1. The second kappa shape index (κ2) is 34.9. The fraction of sp³-hybridized carbons (Fsp3) is 0.405. The molecule has 94 heavy (non-hydrogen) atoms. The predicted molar refractivity (Wildman–Crippen MR) is 342 cm³/mol. The molecule has 3 saturated heterocycles. The van der Waals surface area contributed by atoms with E-state index < -0.39 is 130 Å². The number of hydrogen-bond acceptors (Lipinski definition) is 20. The summed E-state index contributed by atoms with van der Waals surface area (Å²) >= 11 is 0. The molecule has 0 bridgehead atoms. The van der Waals surface area contributed by atoms with Crippen molar-refractivity contribution in [2.24, 2.45) is 0 Å². The number of benzene rings is 7. The summed E-state index contributed by atoms with van der Waals surface area (Å²) < 4.78 is 84.0. The van der Waals surface area contributed by atoms with Gasteiger partial charge in [0.25, 0.3) is 0 Å². The second-order valence-electron chi connectivity index (χ2n) is 23.9. The molecule has 8 N–H and O–H groups in total. The predicted octanol–water partition coefficient (Wildman–Crippen LogP) is 5.98.